The van der Waals surface area contributed by atoms with Gasteiger partial charge in [0.1, 0.15) is 11.9 Å². The smallest absolute Gasteiger partial charge is 0.344 e. The largest absolute Gasteiger partial charge is 0.482 e. The number of hydrogen-bond acceptors (Lipinski definition) is 4. The monoisotopic (exact) mass is 261 g/mol. The van der Waals surface area contributed by atoms with Gasteiger partial charge < -0.3 is 9.47 Å². The first-order chi connectivity index (χ1) is 9.31. The molecule has 3 aliphatic heterocycles. The predicted molar refractivity (Wildman–Crippen MR) is 71.0 cm³/mol. The van der Waals surface area contributed by atoms with Gasteiger partial charge in [0, 0.05) is 6.54 Å². The second-order valence-corrected chi connectivity index (χ2v) is 5.27. The summed E-state index contributed by atoms with van der Waals surface area (Å²) in [5.41, 5.74) is 0. The molecule has 3 aliphatic rings. The third-order valence-corrected chi connectivity index (χ3v) is 3.98. The van der Waals surface area contributed by atoms with E-state index in [-0.39, 0.29) is 18.7 Å². The number of ether oxygens (including phenoxy) is 2. The Bertz CT molecular complexity index is 426. The van der Waals surface area contributed by atoms with Gasteiger partial charge in [0.15, 0.2) is 6.61 Å². The molecular formula is C15H19NO3. The first-order valence-electron chi connectivity index (χ1n) is 6.91. The van der Waals surface area contributed by atoms with Gasteiger partial charge in [0.2, 0.25) is 0 Å². The van der Waals surface area contributed by atoms with Gasteiger partial charge in [-0.05, 0) is 44.0 Å². The number of esters is 1. The molecule has 0 spiro atoms. The van der Waals surface area contributed by atoms with E-state index in [1.54, 1.807) is 0 Å². The van der Waals surface area contributed by atoms with Crippen LogP contribution in [0.3, 0.4) is 0 Å². The fraction of sp³-hybridized carbons (Fsp3) is 0.533. The van der Waals surface area contributed by atoms with Crippen LogP contribution in [-0.4, -0.2) is 43.2 Å². The lowest BCUT2D eigenvalue weighted by Crippen LogP contribution is -2.52. The van der Waals surface area contributed by atoms with Crippen LogP contribution in [0.2, 0.25) is 0 Å². The number of fused-ring (bicyclic) bond motifs is 3. The van der Waals surface area contributed by atoms with Crippen molar-refractivity contribution >= 4 is 5.97 Å². The zero-order chi connectivity index (χ0) is 13.1. The lowest BCUT2D eigenvalue weighted by molar-refractivity contribution is -0.161. The fourth-order valence-corrected chi connectivity index (χ4v) is 2.91. The molecule has 4 rings (SSSR count). The highest BCUT2D eigenvalue weighted by molar-refractivity contribution is 5.71. The highest BCUT2D eigenvalue weighted by Gasteiger charge is 2.36. The number of carbonyl (C=O) groups excluding carboxylic acids is 1. The van der Waals surface area contributed by atoms with Crippen LogP contribution >= 0.6 is 0 Å². The van der Waals surface area contributed by atoms with Crippen LogP contribution in [0.15, 0.2) is 30.3 Å². The Labute approximate surface area is 113 Å². The molecule has 1 aromatic carbocycles. The minimum Gasteiger partial charge on any atom is -0.482 e. The van der Waals surface area contributed by atoms with E-state index in [0.29, 0.717) is 11.7 Å². The molecule has 2 bridgehead atoms. The van der Waals surface area contributed by atoms with Crippen LogP contribution in [0.25, 0.3) is 0 Å². The van der Waals surface area contributed by atoms with E-state index in [0.717, 1.165) is 32.5 Å². The standard InChI is InChI=1S/C15H19NO3/c17-15(11-18-13-4-2-1-3-5-13)19-14-10-16-8-6-12(14)7-9-16/h1-5,12,14H,6-11H2/t14-/m0/s1. The van der Waals surface area contributed by atoms with Crippen LogP contribution in [0.1, 0.15) is 12.8 Å². The number of hydrogen-bond donors (Lipinski definition) is 0. The summed E-state index contributed by atoms with van der Waals surface area (Å²) < 4.78 is 10.9. The lowest BCUT2D eigenvalue weighted by atomic mass is 9.86. The Morgan fingerprint density at radius 3 is 2.58 bits per heavy atom. The third-order valence-electron chi connectivity index (χ3n) is 3.98. The van der Waals surface area contributed by atoms with Crippen molar-refractivity contribution in [3.05, 3.63) is 30.3 Å². The molecule has 3 fully saturated rings. The number of piperidine rings is 3. The molecule has 102 valence electrons. The van der Waals surface area contributed by atoms with Crippen molar-refractivity contribution < 1.29 is 14.3 Å². The first-order valence-corrected chi connectivity index (χ1v) is 6.91. The molecule has 0 aliphatic carbocycles. The molecule has 0 amide bonds. The molecule has 1 aromatic rings. The Morgan fingerprint density at radius 1 is 1.21 bits per heavy atom. The molecule has 4 nitrogen and oxygen atoms in total. The molecule has 0 unspecified atom stereocenters. The zero-order valence-corrected chi connectivity index (χ0v) is 11.0. The predicted octanol–water partition coefficient (Wildman–Crippen LogP) is 1.70. The molecule has 0 aromatic heterocycles. The molecule has 3 saturated heterocycles. The van der Waals surface area contributed by atoms with E-state index in [2.05, 4.69) is 4.90 Å². The normalized spacial score (nSPS) is 28.9. The maximum Gasteiger partial charge on any atom is 0.344 e. The van der Waals surface area contributed by atoms with Crippen molar-refractivity contribution in [2.75, 3.05) is 26.2 Å². The van der Waals surface area contributed by atoms with Gasteiger partial charge in [0.05, 0.1) is 0 Å². The lowest BCUT2D eigenvalue weighted by Gasteiger charge is -2.43. The Hall–Kier alpha value is -1.55. The number of nitrogens with zero attached hydrogens (tertiary/aromatic N) is 1. The summed E-state index contributed by atoms with van der Waals surface area (Å²) in [5, 5.41) is 0. The zero-order valence-electron chi connectivity index (χ0n) is 11.0. The highest BCUT2D eigenvalue weighted by Crippen LogP contribution is 2.29. The topological polar surface area (TPSA) is 38.8 Å². The SMILES string of the molecule is O=C(COc1ccccc1)O[C@H]1CN2CCC1CC2. The van der Waals surface area contributed by atoms with Gasteiger partial charge in [-0.15, -0.1) is 0 Å². The minimum atomic E-state index is -0.261. The average Bonchev–Trinajstić information content (AvgIpc) is 2.47. The Morgan fingerprint density at radius 2 is 1.95 bits per heavy atom. The van der Waals surface area contributed by atoms with Gasteiger partial charge in [-0.2, -0.15) is 0 Å². The van der Waals surface area contributed by atoms with E-state index in [4.69, 9.17) is 9.47 Å². The summed E-state index contributed by atoms with van der Waals surface area (Å²) in [5.74, 6) is 0.988. The summed E-state index contributed by atoms with van der Waals surface area (Å²) in [6.45, 7) is 3.19. The van der Waals surface area contributed by atoms with E-state index in [1.807, 2.05) is 30.3 Å². The van der Waals surface area contributed by atoms with E-state index in [1.165, 1.54) is 0 Å². The van der Waals surface area contributed by atoms with Crippen molar-refractivity contribution in [1.82, 2.24) is 4.90 Å². The van der Waals surface area contributed by atoms with Crippen molar-refractivity contribution in [2.24, 2.45) is 5.92 Å². The summed E-state index contributed by atoms with van der Waals surface area (Å²) in [7, 11) is 0. The summed E-state index contributed by atoms with van der Waals surface area (Å²) in [6, 6.07) is 9.35. The molecule has 0 N–H and O–H groups in total. The fourth-order valence-electron chi connectivity index (χ4n) is 2.91. The van der Waals surface area contributed by atoms with Gasteiger partial charge in [0.25, 0.3) is 0 Å². The summed E-state index contributed by atoms with van der Waals surface area (Å²) in [4.78, 5) is 14.2. The third kappa shape index (κ3) is 3.07. The maximum atomic E-state index is 11.8. The Kier molecular flexibility index (Phi) is 3.69. The van der Waals surface area contributed by atoms with Crippen molar-refractivity contribution in [2.45, 2.75) is 18.9 Å². The van der Waals surface area contributed by atoms with Crippen molar-refractivity contribution in [3.8, 4) is 5.75 Å². The van der Waals surface area contributed by atoms with Gasteiger partial charge in [-0.3, -0.25) is 4.90 Å². The molecule has 0 saturated carbocycles. The van der Waals surface area contributed by atoms with Crippen LogP contribution in [0, 0.1) is 5.92 Å². The molecule has 3 heterocycles. The minimum absolute atomic E-state index is 0.00671. The molecule has 0 radical (unpaired) electrons. The molecule has 19 heavy (non-hydrogen) atoms. The van der Waals surface area contributed by atoms with Crippen LogP contribution in [0.4, 0.5) is 0 Å². The molecule has 4 heteroatoms. The highest BCUT2D eigenvalue weighted by atomic mass is 16.6. The van der Waals surface area contributed by atoms with Crippen molar-refractivity contribution in [3.63, 3.8) is 0 Å². The number of rotatable bonds is 4. The number of para-hydroxylation sites is 1. The van der Waals surface area contributed by atoms with E-state index >= 15 is 0 Å². The molecular weight excluding hydrogens is 242 g/mol. The second kappa shape index (κ2) is 5.61. The average molecular weight is 261 g/mol. The van der Waals surface area contributed by atoms with Gasteiger partial charge >= 0.3 is 5.97 Å². The number of benzene rings is 1. The Balaban J connectivity index is 1.46. The number of carbonyl (C=O) groups is 1. The van der Waals surface area contributed by atoms with E-state index in [9.17, 15) is 4.79 Å². The first kappa shape index (κ1) is 12.5. The van der Waals surface area contributed by atoms with Crippen LogP contribution in [-0.2, 0) is 9.53 Å². The summed E-state index contributed by atoms with van der Waals surface area (Å²) in [6.07, 6.45) is 2.36. The van der Waals surface area contributed by atoms with Crippen LogP contribution in [0.5, 0.6) is 5.75 Å². The van der Waals surface area contributed by atoms with E-state index < -0.39 is 0 Å². The maximum absolute atomic E-state index is 11.8. The molecule has 1 atom stereocenters. The van der Waals surface area contributed by atoms with Gasteiger partial charge in [-0.1, -0.05) is 18.2 Å². The second-order valence-electron chi connectivity index (χ2n) is 5.27. The quantitative estimate of drug-likeness (QED) is 0.773. The van der Waals surface area contributed by atoms with Crippen molar-refractivity contribution in [1.29, 1.82) is 0 Å². The summed E-state index contributed by atoms with van der Waals surface area (Å²) >= 11 is 0. The van der Waals surface area contributed by atoms with Gasteiger partial charge in [-0.25, -0.2) is 4.79 Å². The van der Waals surface area contributed by atoms with Crippen LogP contribution < -0.4 is 4.74 Å².